The van der Waals surface area contributed by atoms with Gasteiger partial charge >= 0.3 is 0 Å². The summed E-state index contributed by atoms with van der Waals surface area (Å²) in [5.74, 6) is 0.150. The fourth-order valence-electron chi connectivity index (χ4n) is 2.52. The lowest BCUT2D eigenvalue weighted by atomic mass is 10.3. The largest absolute Gasteiger partial charge is 0.506 e. The second-order valence-electron chi connectivity index (χ2n) is 5.42. The van der Waals surface area contributed by atoms with Crippen LogP contribution >= 0.6 is 11.6 Å². The van der Waals surface area contributed by atoms with Gasteiger partial charge in [0.2, 0.25) is 0 Å². The molecule has 0 amide bonds. The van der Waals surface area contributed by atoms with Gasteiger partial charge in [-0.15, -0.1) is 0 Å². The first-order valence-electron chi connectivity index (χ1n) is 7.23. The summed E-state index contributed by atoms with van der Waals surface area (Å²) >= 11 is 5.70. The SMILES string of the molecule is O=S(=O)(Cc1ncc(Cl)cc1O)c1ccc(N2CCCC2)nc1. The molecule has 0 aliphatic carbocycles. The smallest absolute Gasteiger partial charge is 0.185 e. The summed E-state index contributed by atoms with van der Waals surface area (Å²) in [7, 11) is -3.64. The van der Waals surface area contributed by atoms with Crippen molar-refractivity contribution >= 4 is 27.3 Å². The van der Waals surface area contributed by atoms with Crippen molar-refractivity contribution in [3.8, 4) is 5.75 Å². The molecule has 1 aliphatic rings. The van der Waals surface area contributed by atoms with Gasteiger partial charge in [-0.2, -0.15) is 0 Å². The number of sulfone groups is 1. The van der Waals surface area contributed by atoms with Crippen LogP contribution in [0, 0.1) is 0 Å². The van der Waals surface area contributed by atoms with Crippen LogP contribution in [-0.4, -0.2) is 36.6 Å². The third kappa shape index (κ3) is 3.56. The molecule has 1 aliphatic heterocycles. The Labute approximate surface area is 139 Å². The quantitative estimate of drug-likeness (QED) is 0.908. The fourth-order valence-corrected chi connectivity index (χ4v) is 3.91. The number of nitrogens with zero attached hydrogens (tertiary/aromatic N) is 3. The van der Waals surface area contributed by atoms with Gasteiger partial charge in [0.15, 0.2) is 9.84 Å². The molecule has 23 heavy (non-hydrogen) atoms. The highest BCUT2D eigenvalue weighted by Crippen LogP contribution is 2.25. The Bertz CT molecular complexity index is 803. The maximum absolute atomic E-state index is 12.4. The molecule has 0 saturated carbocycles. The van der Waals surface area contributed by atoms with Gasteiger partial charge in [0.1, 0.15) is 17.3 Å². The number of aromatic nitrogens is 2. The number of hydrogen-bond acceptors (Lipinski definition) is 6. The molecule has 6 nitrogen and oxygen atoms in total. The summed E-state index contributed by atoms with van der Waals surface area (Å²) in [6.45, 7) is 1.89. The lowest BCUT2D eigenvalue weighted by molar-refractivity contribution is 0.466. The molecule has 3 heterocycles. The van der Waals surface area contributed by atoms with Crippen molar-refractivity contribution < 1.29 is 13.5 Å². The van der Waals surface area contributed by atoms with E-state index in [1.54, 1.807) is 12.1 Å². The second kappa shape index (κ2) is 6.33. The summed E-state index contributed by atoms with van der Waals surface area (Å²) in [5, 5.41) is 10.0. The molecule has 2 aromatic heterocycles. The van der Waals surface area contributed by atoms with Gasteiger partial charge in [0, 0.05) is 31.5 Å². The molecule has 0 atom stereocenters. The maximum Gasteiger partial charge on any atom is 0.185 e. The van der Waals surface area contributed by atoms with E-state index in [9.17, 15) is 13.5 Å². The molecular weight excluding hydrogens is 338 g/mol. The first-order chi connectivity index (χ1) is 11.0. The highest BCUT2D eigenvalue weighted by molar-refractivity contribution is 7.90. The molecule has 1 fully saturated rings. The highest BCUT2D eigenvalue weighted by atomic mass is 35.5. The summed E-state index contributed by atoms with van der Waals surface area (Å²) in [4.78, 5) is 10.4. The van der Waals surface area contributed by atoms with Crippen molar-refractivity contribution in [2.24, 2.45) is 0 Å². The normalized spacial score (nSPS) is 15.1. The highest BCUT2D eigenvalue weighted by Gasteiger charge is 2.20. The Hall–Kier alpha value is -1.86. The molecular formula is C15H16ClN3O3S. The second-order valence-corrected chi connectivity index (χ2v) is 7.85. The molecule has 122 valence electrons. The summed E-state index contributed by atoms with van der Waals surface area (Å²) in [6.07, 6.45) is 4.92. The van der Waals surface area contributed by atoms with Crippen LogP contribution in [-0.2, 0) is 15.6 Å². The van der Waals surface area contributed by atoms with Crippen LogP contribution in [0.1, 0.15) is 18.5 Å². The van der Waals surface area contributed by atoms with Crippen molar-refractivity contribution in [1.82, 2.24) is 9.97 Å². The van der Waals surface area contributed by atoms with Crippen molar-refractivity contribution in [1.29, 1.82) is 0 Å². The van der Waals surface area contributed by atoms with E-state index < -0.39 is 15.6 Å². The van der Waals surface area contributed by atoms with Crippen molar-refractivity contribution in [2.75, 3.05) is 18.0 Å². The van der Waals surface area contributed by atoms with E-state index in [0.717, 1.165) is 31.7 Å². The monoisotopic (exact) mass is 353 g/mol. The van der Waals surface area contributed by atoms with E-state index >= 15 is 0 Å². The zero-order valence-corrected chi connectivity index (χ0v) is 13.9. The average molecular weight is 354 g/mol. The number of hydrogen-bond donors (Lipinski definition) is 1. The van der Waals surface area contributed by atoms with Gasteiger partial charge in [-0.3, -0.25) is 4.98 Å². The molecule has 0 bridgehead atoms. The Kier molecular flexibility index (Phi) is 4.41. The molecule has 0 aromatic carbocycles. The fraction of sp³-hybridized carbons (Fsp3) is 0.333. The third-order valence-corrected chi connectivity index (χ3v) is 5.57. The lowest BCUT2D eigenvalue weighted by Gasteiger charge is -2.16. The van der Waals surface area contributed by atoms with E-state index in [-0.39, 0.29) is 21.4 Å². The zero-order valence-electron chi connectivity index (χ0n) is 12.3. The summed E-state index contributed by atoms with van der Waals surface area (Å²) < 4.78 is 24.9. The maximum atomic E-state index is 12.4. The third-order valence-electron chi connectivity index (χ3n) is 3.75. The van der Waals surface area contributed by atoms with Gasteiger partial charge in [-0.1, -0.05) is 11.6 Å². The van der Waals surface area contributed by atoms with Gasteiger partial charge in [0.05, 0.1) is 15.6 Å². The summed E-state index contributed by atoms with van der Waals surface area (Å²) in [5.41, 5.74) is 0.0676. The number of aromatic hydroxyl groups is 1. The Balaban J connectivity index is 1.81. The molecule has 2 aromatic rings. The van der Waals surface area contributed by atoms with E-state index in [1.807, 2.05) is 0 Å². The van der Waals surface area contributed by atoms with Crippen LogP contribution in [0.3, 0.4) is 0 Å². The van der Waals surface area contributed by atoms with Gasteiger partial charge in [0.25, 0.3) is 0 Å². The number of rotatable bonds is 4. The molecule has 1 N–H and O–H groups in total. The van der Waals surface area contributed by atoms with Crippen LogP contribution in [0.5, 0.6) is 5.75 Å². The van der Waals surface area contributed by atoms with E-state index in [0.29, 0.717) is 0 Å². The number of halogens is 1. The van der Waals surface area contributed by atoms with Crippen molar-refractivity contribution in [3.63, 3.8) is 0 Å². The van der Waals surface area contributed by atoms with Crippen LogP contribution in [0.2, 0.25) is 5.02 Å². The number of anilines is 1. The minimum Gasteiger partial charge on any atom is -0.506 e. The standard InChI is InChI=1S/C15H16ClN3O3S/c16-11-7-14(20)13(17-8-11)10-23(21,22)12-3-4-15(18-9-12)19-5-1-2-6-19/h3-4,7-9,20H,1-2,5-6,10H2. The minimum absolute atomic E-state index is 0.0676. The molecule has 0 radical (unpaired) electrons. The van der Waals surface area contributed by atoms with E-state index in [2.05, 4.69) is 14.9 Å². The first kappa shape index (κ1) is 16.0. The van der Waals surface area contributed by atoms with Crippen LogP contribution in [0.25, 0.3) is 0 Å². The molecule has 3 rings (SSSR count). The molecule has 0 spiro atoms. The lowest BCUT2D eigenvalue weighted by Crippen LogP contribution is -2.19. The van der Waals surface area contributed by atoms with E-state index in [4.69, 9.17) is 11.6 Å². The average Bonchev–Trinajstić information content (AvgIpc) is 3.05. The zero-order chi connectivity index (χ0) is 16.4. The summed E-state index contributed by atoms with van der Waals surface area (Å²) in [6, 6.07) is 4.53. The minimum atomic E-state index is -3.64. The van der Waals surface area contributed by atoms with Crippen LogP contribution in [0.15, 0.2) is 35.5 Å². The number of pyridine rings is 2. The van der Waals surface area contributed by atoms with Crippen molar-refractivity contribution in [2.45, 2.75) is 23.5 Å². The Morgan fingerprint density at radius 2 is 1.91 bits per heavy atom. The predicted molar refractivity (Wildman–Crippen MR) is 87.5 cm³/mol. The molecule has 8 heteroatoms. The molecule has 1 saturated heterocycles. The van der Waals surface area contributed by atoms with E-state index in [1.165, 1.54) is 18.5 Å². The molecule has 0 unspecified atom stereocenters. The van der Waals surface area contributed by atoms with Gasteiger partial charge < -0.3 is 10.0 Å². The Morgan fingerprint density at radius 1 is 1.17 bits per heavy atom. The van der Waals surface area contributed by atoms with Crippen molar-refractivity contribution in [3.05, 3.63) is 41.3 Å². The van der Waals surface area contributed by atoms with Gasteiger partial charge in [-0.25, -0.2) is 13.4 Å². The van der Waals surface area contributed by atoms with Crippen LogP contribution < -0.4 is 4.90 Å². The van der Waals surface area contributed by atoms with Crippen LogP contribution in [0.4, 0.5) is 5.82 Å². The predicted octanol–water partition coefficient (Wildman–Crippen LogP) is 2.41. The topological polar surface area (TPSA) is 83.4 Å². The Morgan fingerprint density at radius 3 is 2.52 bits per heavy atom. The van der Waals surface area contributed by atoms with Gasteiger partial charge in [-0.05, 0) is 25.0 Å². The first-order valence-corrected chi connectivity index (χ1v) is 9.26.